The molecule has 30 heavy (non-hydrogen) atoms. The van der Waals surface area contributed by atoms with Gasteiger partial charge in [-0.05, 0) is 94.4 Å². The summed E-state index contributed by atoms with van der Waals surface area (Å²) in [7, 11) is 0. The Hall–Kier alpha value is -1.59. The summed E-state index contributed by atoms with van der Waals surface area (Å²) in [5.74, 6) is 2.99. The zero-order valence-corrected chi connectivity index (χ0v) is 18.6. The fourth-order valence-electron chi connectivity index (χ4n) is 7.29. The minimum atomic E-state index is -0.0630. The number of carbonyl (C=O) groups excluding carboxylic acids is 1. The smallest absolute Gasteiger partial charge is 0.282 e. The molecule has 1 amide bonds. The molecule has 4 bridgehead atoms. The molecule has 0 radical (unpaired) electrons. The van der Waals surface area contributed by atoms with Crippen LogP contribution in [0.3, 0.4) is 0 Å². The second-order valence-corrected chi connectivity index (χ2v) is 10.7. The average molecular weight is 413 g/mol. The predicted molar refractivity (Wildman–Crippen MR) is 120 cm³/mol. The Labute approximate surface area is 180 Å². The lowest BCUT2D eigenvalue weighted by molar-refractivity contribution is -0.718. The normalized spacial score (nSPS) is 34.6. The van der Waals surface area contributed by atoms with Gasteiger partial charge in [-0.1, -0.05) is 0 Å². The van der Waals surface area contributed by atoms with E-state index in [2.05, 4.69) is 41.5 Å². The van der Waals surface area contributed by atoms with Gasteiger partial charge in [0, 0.05) is 29.9 Å². The number of nitrogens with two attached hydrogens (primary N) is 1. The number of hydrogen-bond acceptors (Lipinski definition) is 3. The molecule has 3 N–H and O–H groups in total. The lowest BCUT2D eigenvalue weighted by Gasteiger charge is -2.58. The van der Waals surface area contributed by atoms with Crippen molar-refractivity contribution in [3.63, 3.8) is 0 Å². The Morgan fingerprint density at radius 2 is 1.60 bits per heavy atom. The summed E-state index contributed by atoms with van der Waals surface area (Å²) in [4.78, 5) is 15.2. The van der Waals surface area contributed by atoms with E-state index in [0.29, 0.717) is 11.5 Å². The Bertz CT molecular complexity index is 721. The van der Waals surface area contributed by atoms with Crippen LogP contribution in [0.15, 0.2) is 24.3 Å². The van der Waals surface area contributed by atoms with E-state index < -0.39 is 0 Å². The van der Waals surface area contributed by atoms with Crippen molar-refractivity contribution in [1.29, 1.82) is 0 Å². The molecule has 2 atom stereocenters. The van der Waals surface area contributed by atoms with E-state index in [4.69, 9.17) is 4.74 Å². The summed E-state index contributed by atoms with van der Waals surface area (Å²) in [6.07, 6.45) is 8.61. The van der Waals surface area contributed by atoms with Gasteiger partial charge in [0.2, 0.25) is 0 Å². The van der Waals surface area contributed by atoms with Crippen LogP contribution in [-0.4, -0.2) is 44.3 Å². The van der Waals surface area contributed by atoms with Gasteiger partial charge in [0.25, 0.3) is 5.91 Å². The summed E-state index contributed by atoms with van der Waals surface area (Å²) in [6, 6.07) is 8.72. The monoisotopic (exact) mass is 412 g/mol. The Morgan fingerprint density at radius 1 is 1.03 bits per heavy atom. The molecule has 0 spiro atoms. The zero-order valence-electron chi connectivity index (χ0n) is 18.6. The second kappa shape index (κ2) is 8.16. The maximum absolute atomic E-state index is 12.9. The number of nitrogens with zero attached hydrogens (tertiary/aromatic N) is 1. The first kappa shape index (κ1) is 20.3. The minimum Gasteiger partial charge on any atom is -0.378 e. The number of hydrogen-bond donors (Lipinski definition) is 2. The highest BCUT2D eigenvalue weighted by atomic mass is 16.5. The van der Waals surface area contributed by atoms with Crippen LogP contribution in [-0.2, 0) is 9.53 Å². The van der Waals surface area contributed by atoms with E-state index in [9.17, 15) is 4.79 Å². The molecular weight excluding hydrogens is 374 g/mol. The van der Waals surface area contributed by atoms with E-state index in [1.54, 1.807) is 0 Å². The zero-order chi connectivity index (χ0) is 20.7. The van der Waals surface area contributed by atoms with E-state index in [0.717, 1.165) is 49.7 Å². The van der Waals surface area contributed by atoms with Crippen LogP contribution in [0, 0.1) is 23.2 Å². The third kappa shape index (κ3) is 3.99. The molecule has 5 fully saturated rings. The van der Waals surface area contributed by atoms with E-state index in [-0.39, 0.29) is 11.9 Å². The van der Waals surface area contributed by atoms with Gasteiger partial charge in [-0.2, -0.15) is 0 Å². The molecule has 1 aliphatic heterocycles. The second-order valence-electron chi connectivity index (χ2n) is 10.7. The molecule has 0 unspecified atom stereocenters. The van der Waals surface area contributed by atoms with E-state index >= 15 is 0 Å². The molecule has 5 aliphatic rings. The van der Waals surface area contributed by atoms with Crippen LogP contribution < -0.4 is 15.5 Å². The van der Waals surface area contributed by atoms with Gasteiger partial charge in [0.05, 0.1) is 19.3 Å². The van der Waals surface area contributed by atoms with Crippen LogP contribution in [0.4, 0.5) is 11.4 Å². The number of anilines is 2. The molecule has 0 aromatic heterocycles. The molecule has 5 nitrogen and oxygen atoms in total. The van der Waals surface area contributed by atoms with Crippen molar-refractivity contribution >= 4 is 17.3 Å². The molecule has 1 saturated heterocycles. The first-order valence-electron chi connectivity index (χ1n) is 12.1. The van der Waals surface area contributed by atoms with Gasteiger partial charge in [0.15, 0.2) is 6.04 Å². The molecular formula is C25H38N3O2+. The minimum absolute atomic E-state index is 0.0630. The molecule has 164 valence electrons. The number of quaternary nitrogens is 1. The van der Waals surface area contributed by atoms with Crippen molar-refractivity contribution in [2.24, 2.45) is 23.2 Å². The fraction of sp³-hybridized carbons (Fsp3) is 0.720. The van der Waals surface area contributed by atoms with Crippen molar-refractivity contribution in [3.05, 3.63) is 24.3 Å². The summed E-state index contributed by atoms with van der Waals surface area (Å²) < 4.78 is 5.43. The summed E-state index contributed by atoms with van der Waals surface area (Å²) in [6.45, 7) is 7.88. The number of rotatable bonds is 6. The highest BCUT2D eigenvalue weighted by Gasteiger charge is 2.54. The fourth-order valence-corrected chi connectivity index (χ4v) is 7.29. The molecule has 1 heterocycles. The topological polar surface area (TPSA) is 58.2 Å². The lowest BCUT2D eigenvalue weighted by atomic mass is 9.48. The van der Waals surface area contributed by atoms with Crippen LogP contribution in [0.5, 0.6) is 0 Å². The van der Waals surface area contributed by atoms with Crippen molar-refractivity contribution < 1.29 is 14.8 Å². The molecule has 4 saturated carbocycles. The largest absolute Gasteiger partial charge is 0.378 e. The van der Waals surface area contributed by atoms with Gasteiger partial charge in [-0.3, -0.25) is 4.79 Å². The maximum Gasteiger partial charge on any atom is 0.282 e. The summed E-state index contributed by atoms with van der Waals surface area (Å²) in [5, 5.41) is 5.49. The first-order chi connectivity index (χ1) is 14.5. The predicted octanol–water partition coefficient (Wildman–Crippen LogP) is 3.02. The van der Waals surface area contributed by atoms with Gasteiger partial charge in [-0.25, -0.2) is 0 Å². The number of benzene rings is 1. The van der Waals surface area contributed by atoms with Crippen LogP contribution in [0.2, 0.25) is 0 Å². The van der Waals surface area contributed by atoms with Crippen molar-refractivity contribution in [2.45, 2.75) is 64.5 Å². The highest BCUT2D eigenvalue weighted by Crippen LogP contribution is 2.60. The van der Waals surface area contributed by atoms with Crippen molar-refractivity contribution in [3.8, 4) is 0 Å². The van der Waals surface area contributed by atoms with E-state index in [1.807, 2.05) is 12.1 Å². The third-order valence-corrected chi connectivity index (χ3v) is 8.55. The maximum atomic E-state index is 12.9. The number of morpholine rings is 1. The Kier molecular flexibility index (Phi) is 5.53. The third-order valence-electron chi connectivity index (χ3n) is 8.55. The number of nitrogens with one attached hydrogen (secondary N) is 1. The lowest BCUT2D eigenvalue weighted by Crippen LogP contribution is -2.98. The van der Waals surface area contributed by atoms with Crippen molar-refractivity contribution in [2.75, 3.05) is 36.5 Å². The standard InChI is InChI=1S/C25H37N3O2/c1-17(26-18(2)25-14-19-11-20(15-25)13-21(12-19)16-25)24(29)27-22-3-5-23(6-4-22)28-7-9-30-10-8-28/h3-6,17-21,26H,7-16H2,1-2H3,(H,27,29)/p+1/t17-,18+,19?,20?,21?,25?/m1/s1. The van der Waals surface area contributed by atoms with Gasteiger partial charge >= 0.3 is 0 Å². The first-order valence-corrected chi connectivity index (χ1v) is 12.1. The molecule has 5 heteroatoms. The average Bonchev–Trinajstić information content (AvgIpc) is 2.74. The van der Waals surface area contributed by atoms with Gasteiger partial charge < -0.3 is 20.3 Å². The number of carbonyl (C=O) groups is 1. The molecule has 1 aromatic rings. The van der Waals surface area contributed by atoms with Crippen LogP contribution in [0.25, 0.3) is 0 Å². The number of ether oxygens (including phenoxy) is 1. The molecule has 1 aromatic carbocycles. The Morgan fingerprint density at radius 3 is 2.17 bits per heavy atom. The van der Waals surface area contributed by atoms with Crippen LogP contribution >= 0.6 is 0 Å². The molecule has 6 rings (SSSR count). The van der Waals surface area contributed by atoms with E-state index in [1.165, 1.54) is 44.2 Å². The van der Waals surface area contributed by atoms with Gasteiger partial charge in [-0.15, -0.1) is 0 Å². The van der Waals surface area contributed by atoms with Gasteiger partial charge in [0.1, 0.15) is 0 Å². The van der Waals surface area contributed by atoms with Crippen molar-refractivity contribution in [1.82, 2.24) is 0 Å². The SMILES string of the molecule is C[C@H]([NH2+][C@H](C)C(=O)Nc1ccc(N2CCOCC2)cc1)C12CC3CC(CC(C3)C1)C2. The number of amides is 1. The quantitative estimate of drug-likeness (QED) is 0.755. The summed E-state index contributed by atoms with van der Waals surface area (Å²) in [5.41, 5.74) is 2.56. The highest BCUT2D eigenvalue weighted by molar-refractivity contribution is 5.93. The molecule has 4 aliphatic carbocycles. The van der Waals surface area contributed by atoms with Crippen LogP contribution in [0.1, 0.15) is 52.4 Å². The Balaban J connectivity index is 1.16. The summed E-state index contributed by atoms with van der Waals surface area (Å²) >= 11 is 0.